The van der Waals surface area contributed by atoms with Crippen LogP contribution in [0.1, 0.15) is 5.56 Å². The van der Waals surface area contributed by atoms with Crippen molar-refractivity contribution in [3.05, 3.63) is 40.6 Å². The lowest BCUT2D eigenvalue weighted by molar-refractivity contribution is 0.560. The molecular weight excluding hydrogens is 344 g/mol. The molecule has 0 bridgehead atoms. The quantitative estimate of drug-likeness (QED) is 0.792. The molecule has 2 aromatic rings. The highest BCUT2D eigenvalue weighted by atomic mass is 79.9. The standard InChI is InChI=1S/C12H15BrN4O2S/c1-9-7-15-17(8-9)5-4-16-20(18,19)12-3-2-10(14)6-11(12)13/h2-3,6-8,16H,4-5,14H2,1H3. The van der Waals surface area contributed by atoms with Crippen molar-refractivity contribution in [1.82, 2.24) is 14.5 Å². The van der Waals surface area contributed by atoms with Gasteiger partial charge in [-0.05, 0) is 46.6 Å². The molecular formula is C12H15BrN4O2S. The van der Waals surface area contributed by atoms with Crippen LogP contribution in [0.5, 0.6) is 0 Å². The minimum absolute atomic E-state index is 0.170. The molecule has 0 atom stereocenters. The minimum atomic E-state index is -3.56. The van der Waals surface area contributed by atoms with E-state index < -0.39 is 10.0 Å². The highest BCUT2D eigenvalue weighted by Crippen LogP contribution is 2.23. The number of nitrogens with one attached hydrogen (secondary N) is 1. The lowest BCUT2D eigenvalue weighted by atomic mass is 10.3. The minimum Gasteiger partial charge on any atom is -0.399 e. The van der Waals surface area contributed by atoms with Crippen LogP contribution in [-0.4, -0.2) is 24.7 Å². The van der Waals surface area contributed by atoms with Gasteiger partial charge in [-0.1, -0.05) is 0 Å². The van der Waals surface area contributed by atoms with Gasteiger partial charge in [0, 0.05) is 22.9 Å². The number of nitrogens with zero attached hydrogens (tertiary/aromatic N) is 2. The summed E-state index contributed by atoms with van der Waals surface area (Å²) in [5, 5.41) is 4.09. The van der Waals surface area contributed by atoms with Gasteiger partial charge in [0.2, 0.25) is 10.0 Å². The largest absolute Gasteiger partial charge is 0.399 e. The summed E-state index contributed by atoms with van der Waals surface area (Å²) < 4.78 is 29.0. The average molecular weight is 359 g/mol. The fourth-order valence-electron chi connectivity index (χ4n) is 1.70. The van der Waals surface area contributed by atoms with Crippen molar-refractivity contribution in [2.24, 2.45) is 0 Å². The lowest BCUT2D eigenvalue weighted by Crippen LogP contribution is -2.27. The van der Waals surface area contributed by atoms with Gasteiger partial charge in [-0.2, -0.15) is 5.10 Å². The fourth-order valence-corrected chi connectivity index (χ4v) is 3.81. The van der Waals surface area contributed by atoms with Gasteiger partial charge in [-0.3, -0.25) is 4.68 Å². The molecule has 0 spiro atoms. The van der Waals surface area contributed by atoms with Gasteiger partial charge in [0.25, 0.3) is 0 Å². The summed E-state index contributed by atoms with van der Waals surface area (Å²) in [6.45, 7) is 2.67. The zero-order valence-electron chi connectivity index (χ0n) is 10.9. The topological polar surface area (TPSA) is 90.0 Å². The number of rotatable bonds is 5. The van der Waals surface area contributed by atoms with Crippen LogP contribution in [0.2, 0.25) is 0 Å². The molecule has 1 aromatic carbocycles. The molecule has 0 aliphatic heterocycles. The number of hydrogen-bond acceptors (Lipinski definition) is 4. The third-order valence-corrected chi connectivity index (χ3v) is 5.08. The first-order valence-corrected chi connectivity index (χ1v) is 8.20. The Labute approximate surface area is 126 Å². The van der Waals surface area contributed by atoms with E-state index in [1.54, 1.807) is 23.0 Å². The molecule has 0 aliphatic carbocycles. The number of hydrogen-bond donors (Lipinski definition) is 2. The van der Waals surface area contributed by atoms with Crippen molar-refractivity contribution >= 4 is 31.6 Å². The number of nitrogen functional groups attached to an aromatic ring is 1. The molecule has 20 heavy (non-hydrogen) atoms. The molecule has 6 nitrogen and oxygen atoms in total. The smallest absolute Gasteiger partial charge is 0.241 e. The van der Waals surface area contributed by atoms with E-state index in [2.05, 4.69) is 25.8 Å². The van der Waals surface area contributed by atoms with E-state index >= 15 is 0 Å². The second kappa shape index (κ2) is 5.94. The molecule has 1 heterocycles. The molecule has 0 fully saturated rings. The molecule has 3 N–H and O–H groups in total. The van der Waals surface area contributed by atoms with Crippen molar-refractivity contribution in [2.75, 3.05) is 12.3 Å². The summed E-state index contributed by atoms with van der Waals surface area (Å²) in [6.07, 6.45) is 3.58. The van der Waals surface area contributed by atoms with Crippen molar-refractivity contribution in [3.8, 4) is 0 Å². The zero-order chi connectivity index (χ0) is 14.8. The van der Waals surface area contributed by atoms with Crippen molar-refractivity contribution < 1.29 is 8.42 Å². The molecule has 1 aromatic heterocycles. The number of aromatic nitrogens is 2. The van der Waals surface area contributed by atoms with E-state index in [1.165, 1.54) is 6.07 Å². The van der Waals surface area contributed by atoms with Gasteiger partial charge >= 0.3 is 0 Å². The number of aryl methyl sites for hydroxylation is 1. The molecule has 0 aliphatic rings. The van der Waals surface area contributed by atoms with Gasteiger partial charge in [0.05, 0.1) is 17.6 Å². The van der Waals surface area contributed by atoms with Crippen molar-refractivity contribution in [2.45, 2.75) is 18.4 Å². The Bertz CT molecular complexity index is 712. The SMILES string of the molecule is Cc1cnn(CCNS(=O)(=O)c2ccc(N)cc2Br)c1. The first kappa shape index (κ1) is 15.0. The average Bonchev–Trinajstić information content (AvgIpc) is 2.74. The number of halogens is 1. The number of benzene rings is 1. The Morgan fingerprint density at radius 3 is 2.80 bits per heavy atom. The molecule has 0 saturated heterocycles. The second-order valence-electron chi connectivity index (χ2n) is 4.37. The normalized spacial score (nSPS) is 11.7. The molecule has 0 unspecified atom stereocenters. The molecule has 0 saturated carbocycles. The van der Waals surface area contributed by atoms with Crippen molar-refractivity contribution in [1.29, 1.82) is 0 Å². The zero-order valence-corrected chi connectivity index (χ0v) is 13.3. The van der Waals surface area contributed by atoms with Crippen LogP contribution in [0.4, 0.5) is 5.69 Å². The maximum Gasteiger partial charge on any atom is 0.241 e. The van der Waals surface area contributed by atoms with Crippen molar-refractivity contribution in [3.63, 3.8) is 0 Å². The van der Waals surface area contributed by atoms with Crippen LogP contribution in [-0.2, 0) is 16.6 Å². The van der Waals surface area contributed by atoms with Gasteiger partial charge in [-0.25, -0.2) is 13.1 Å². The maximum absolute atomic E-state index is 12.1. The number of sulfonamides is 1. The third-order valence-electron chi connectivity index (χ3n) is 2.64. The summed E-state index contributed by atoms with van der Waals surface area (Å²) in [4.78, 5) is 0.170. The Kier molecular flexibility index (Phi) is 4.46. The van der Waals surface area contributed by atoms with E-state index in [4.69, 9.17) is 5.73 Å². The van der Waals surface area contributed by atoms with Crippen LogP contribution in [0.3, 0.4) is 0 Å². The van der Waals surface area contributed by atoms with E-state index in [0.29, 0.717) is 16.7 Å². The van der Waals surface area contributed by atoms with E-state index in [-0.39, 0.29) is 11.4 Å². The van der Waals surface area contributed by atoms with Crippen LogP contribution in [0, 0.1) is 6.92 Å². The number of nitrogens with two attached hydrogens (primary N) is 1. The first-order valence-electron chi connectivity index (χ1n) is 5.92. The monoisotopic (exact) mass is 358 g/mol. The number of anilines is 1. The summed E-state index contributed by atoms with van der Waals surface area (Å²) in [5.74, 6) is 0. The lowest BCUT2D eigenvalue weighted by Gasteiger charge is -2.09. The van der Waals surface area contributed by atoms with Crippen LogP contribution in [0.15, 0.2) is 40.0 Å². The first-order chi connectivity index (χ1) is 9.38. The molecule has 2 rings (SSSR count). The Hall–Kier alpha value is -1.38. The van der Waals surface area contributed by atoms with Gasteiger partial charge in [0.15, 0.2) is 0 Å². The van der Waals surface area contributed by atoms with E-state index in [1.807, 2.05) is 13.1 Å². The van der Waals surface area contributed by atoms with Gasteiger partial charge < -0.3 is 5.73 Å². The highest BCUT2D eigenvalue weighted by Gasteiger charge is 2.17. The summed E-state index contributed by atoms with van der Waals surface area (Å²) >= 11 is 3.21. The fraction of sp³-hybridized carbons (Fsp3) is 0.250. The third kappa shape index (κ3) is 3.59. The predicted octanol–water partition coefficient (Wildman–Crippen LogP) is 1.51. The van der Waals surface area contributed by atoms with Crippen LogP contribution < -0.4 is 10.5 Å². The maximum atomic E-state index is 12.1. The van der Waals surface area contributed by atoms with E-state index in [0.717, 1.165) is 5.56 Å². The van der Waals surface area contributed by atoms with Crippen LogP contribution >= 0.6 is 15.9 Å². The molecule has 8 heteroatoms. The Morgan fingerprint density at radius 1 is 1.45 bits per heavy atom. The molecule has 0 amide bonds. The molecule has 0 radical (unpaired) electrons. The van der Waals surface area contributed by atoms with Crippen LogP contribution in [0.25, 0.3) is 0 Å². The Morgan fingerprint density at radius 2 is 2.20 bits per heavy atom. The molecule has 108 valence electrons. The van der Waals surface area contributed by atoms with E-state index in [9.17, 15) is 8.42 Å². The van der Waals surface area contributed by atoms with Gasteiger partial charge in [-0.15, -0.1) is 0 Å². The summed E-state index contributed by atoms with van der Waals surface area (Å²) in [5.41, 5.74) is 7.13. The Balaban J connectivity index is 2.04. The highest BCUT2D eigenvalue weighted by molar-refractivity contribution is 9.10. The second-order valence-corrected chi connectivity index (χ2v) is 6.96. The predicted molar refractivity (Wildman–Crippen MR) is 80.7 cm³/mol. The summed E-state index contributed by atoms with van der Waals surface area (Å²) in [6, 6.07) is 4.58. The van der Waals surface area contributed by atoms with Gasteiger partial charge in [0.1, 0.15) is 0 Å². The summed E-state index contributed by atoms with van der Waals surface area (Å²) in [7, 11) is -3.56.